The maximum atomic E-state index is 12.9. The molecule has 0 atom stereocenters. The molecule has 1 aliphatic heterocycles. The van der Waals surface area contributed by atoms with Gasteiger partial charge in [0.25, 0.3) is 5.91 Å². The molecule has 146 valence electrons. The smallest absolute Gasteiger partial charge is 0.258 e. The number of carbonyl (C=O) groups is 2. The number of nitrogens with one attached hydrogen (secondary N) is 2. The van der Waals surface area contributed by atoms with Crippen molar-refractivity contribution in [3.63, 3.8) is 0 Å². The lowest BCUT2D eigenvalue weighted by Gasteiger charge is -2.26. The van der Waals surface area contributed by atoms with Gasteiger partial charge in [-0.2, -0.15) is 11.3 Å². The van der Waals surface area contributed by atoms with Crippen molar-refractivity contribution in [3.8, 4) is 0 Å². The lowest BCUT2D eigenvalue weighted by molar-refractivity contribution is -0.131. The third-order valence-electron chi connectivity index (χ3n) is 5.10. The number of rotatable bonds is 4. The molecule has 0 spiro atoms. The van der Waals surface area contributed by atoms with Crippen molar-refractivity contribution in [2.24, 2.45) is 0 Å². The van der Waals surface area contributed by atoms with Crippen LogP contribution in [-0.2, 0) is 24.2 Å². The van der Waals surface area contributed by atoms with E-state index >= 15 is 0 Å². The van der Waals surface area contributed by atoms with Crippen LogP contribution >= 0.6 is 22.7 Å². The highest BCUT2D eigenvalue weighted by Crippen LogP contribution is 2.29. The fourth-order valence-electron chi connectivity index (χ4n) is 3.58. The molecule has 0 fully saturated rings. The maximum absolute atomic E-state index is 12.9. The third-order valence-corrected chi connectivity index (χ3v) is 6.79. The van der Waals surface area contributed by atoms with Gasteiger partial charge in [-0.25, -0.2) is 4.98 Å². The number of thiophene rings is 1. The van der Waals surface area contributed by atoms with E-state index in [1.807, 2.05) is 46.1 Å². The molecule has 0 aliphatic carbocycles. The fourth-order valence-corrected chi connectivity index (χ4v) is 5.23. The van der Waals surface area contributed by atoms with Crippen molar-refractivity contribution >= 4 is 50.5 Å². The highest BCUT2D eigenvalue weighted by molar-refractivity contribution is 7.16. The minimum atomic E-state index is -0.149. The Morgan fingerprint density at radius 2 is 2.14 bits per heavy atom. The first-order valence-corrected chi connectivity index (χ1v) is 11.1. The average Bonchev–Trinajstić information content (AvgIpc) is 3.47. The zero-order chi connectivity index (χ0) is 19.8. The topological polar surface area (TPSA) is 78.1 Å². The molecule has 0 saturated heterocycles. The Kier molecular flexibility index (Phi) is 4.65. The molecule has 0 bridgehead atoms. The number of H-pyrrole nitrogens is 1. The van der Waals surface area contributed by atoms with Gasteiger partial charge in [0, 0.05) is 40.3 Å². The molecule has 3 aromatic heterocycles. The van der Waals surface area contributed by atoms with Gasteiger partial charge in [0.15, 0.2) is 5.13 Å². The molecule has 2 N–H and O–H groups in total. The molecule has 4 heterocycles. The minimum Gasteiger partial charge on any atom is -0.361 e. The molecule has 4 aromatic rings. The highest BCUT2D eigenvalue weighted by Gasteiger charge is 2.25. The summed E-state index contributed by atoms with van der Waals surface area (Å²) >= 11 is 2.94. The number of aromatic amines is 1. The number of amides is 2. The Labute approximate surface area is 175 Å². The Bertz CT molecular complexity index is 1190. The third kappa shape index (κ3) is 3.56. The summed E-state index contributed by atoms with van der Waals surface area (Å²) in [6.45, 7) is 1.19. The van der Waals surface area contributed by atoms with E-state index in [1.165, 1.54) is 22.7 Å². The Morgan fingerprint density at radius 1 is 1.24 bits per heavy atom. The van der Waals surface area contributed by atoms with Crippen LogP contribution < -0.4 is 5.32 Å². The number of fused-ring (bicyclic) bond motifs is 2. The number of benzene rings is 1. The Hall–Kier alpha value is -2.97. The van der Waals surface area contributed by atoms with Crippen LogP contribution in [0.2, 0.25) is 0 Å². The van der Waals surface area contributed by atoms with Crippen LogP contribution in [0.5, 0.6) is 0 Å². The van der Waals surface area contributed by atoms with Gasteiger partial charge in [-0.1, -0.05) is 29.5 Å². The summed E-state index contributed by atoms with van der Waals surface area (Å²) < 4.78 is 0. The number of nitrogens with zero attached hydrogens (tertiary/aromatic N) is 2. The van der Waals surface area contributed by atoms with E-state index in [1.54, 1.807) is 6.07 Å². The second-order valence-corrected chi connectivity index (χ2v) is 8.82. The second-order valence-electron chi connectivity index (χ2n) is 6.96. The highest BCUT2D eigenvalue weighted by atomic mass is 32.1. The van der Waals surface area contributed by atoms with E-state index in [0.29, 0.717) is 36.6 Å². The second kappa shape index (κ2) is 7.46. The monoisotopic (exact) mass is 422 g/mol. The van der Waals surface area contributed by atoms with Crippen molar-refractivity contribution in [2.75, 3.05) is 11.9 Å². The van der Waals surface area contributed by atoms with Gasteiger partial charge in [0.2, 0.25) is 5.91 Å². The average molecular weight is 423 g/mol. The van der Waals surface area contributed by atoms with E-state index in [0.717, 1.165) is 27.0 Å². The van der Waals surface area contributed by atoms with Gasteiger partial charge < -0.3 is 9.88 Å². The predicted octanol–water partition coefficient (Wildman–Crippen LogP) is 4.07. The fraction of sp³-hybridized carbons (Fsp3) is 0.190. The maximum Gasteiger partial charge on any atom is 0.258 e. The molecule has 5 rings (SSSR count). The summed E-state index contributed by atoms with van der Waals surface area (Å²) in [6, 6.07) is 9.81. The van der Waals surface area contributed by atoms with Crippen LogP contribution in [0, 0.1) is 0 Å². The van der Waals surface area contributed by atoms with Crippen molar-refractivity contribution < 1.29 is 9.59 Å². The van der Waals surface area contributed by atoms with E-state index in [-0.39, 0.29) is 11.8 Å². The van der Waals surface area contributed by atoms with Gasteiger partial charge in [-0.15, -0.1) is 0 Å². The van der Waals surface area contributed by atoms with E-state index in [2.05, 4.69) is 15.3 Å². The SMILES string of the molecule is O=C(Nc1nc2c(s1)CN(C(=O)Cc1c[nH]c3ccccc13)CC2)c1ccsc1. The number of hydrogen-bond acceptors (Lipinski definition) is 5. The van der Waals surface area contributed by atoms with Crippen LogP contribution in [-0.4, -0.2) is 33.2 Å². The number of anilines is 1. The number of para-hydroxylation sites is 1. The van der Waals surface area contributed by atoms with Crippen molar-refractivity contribution in [1.82, 2.24) is 14.9 Å². The quantitative estimate of drug-likeness (QED) is 0.520. The predicted molar refractivity (Wildman–Crippen MR) is 116 cm³/mol. The zero-order valence-corrected chi connectivity index (χ0v) is 17.1. The first-order valence-electron chi connectivity index (χ1n) is 9.32. The number of thiazole rings is 1. The lowest BCUT2D eigenvalue weighted by atomic mass is 10.1. The van der Waals surface area contributed by atoms with E-state index in [4.69, 9.17) is 0 Å². The van der Waals surface area contributed by atoms with Crippen molar-refractivity contribution in [1.29, 1.82) is 0 Å². The van der Waals surface area contributed by atoms with Crippen LogP contribution in [0.15, 0.2) is 47.3 Å². The van der Waals surface area contributed by atoms with Gasteiger partial charge in [-0.3, -0.25) is 14.9 Å². The summed E-state index contributed by atoms with van der Waals surface area (Å²) in [7, 11) is 0. The van der Waals surface area contributed by atoms with Crippen LogP contribution in [0.4, 0.5) is 5.13 Å². The number of hydrogen-bond donors (Lipinski definition) is 2. The molecule has 6 nitrogen and oxygen atoms in total. The summed E-state index contributed by atoms with van der Waals surface area (Å²) in [5.74, 6) is -0.0396. The molecule has 8 heteroatoms. The minimum absolute atomic E-state index is 0.109. The van der Waals surface area contributed by atoms with E-state index in [9.17, 15) is 9.59 Å². The van der Waals surface area contributed by atoms with Crippen molar-refractivity contribution in [2.45, 2.75) is 19.4 Å². The first-order chi connectivity index (χ1) is 14.2. The van der Waals surface area contributed by atoms with Crippen LogP contribution in [0.3, 0.4) is 0 Å². The summed E-state index contributed by atoms with van der Waals surface area (Å²) in [6.07, 6.45) is 3.00. The van der Waals surface area contributed by atoms with Gasteiger partial charge in [-0.05, 0) is 23.1 Å². The molecule has 29 heavy (non-hydrogen) atoms. The molecule has 1 aromatic carbocycles. The summed E-state index contributed by atoms with van der Waals surface area (Å²) in [5, 5.41) is 8.24. The first kappa shape index (κ1) is 18.1. The van der Waals surface area contributed by atoms with Gasteiger partial charge in [0.1, 0.15) is 0 Å². The molecule has 0 saturated carbocycles. The Morgan fingerprint density at radius 3 is 3.00 bits per heavy atom. The molecule has 0 unspecified atom stereocenters. The summed E-state index contributed by atoms with van der Waals surface area (Å²) in [5.41, 5.74) is 3.68. The molecule has 1 aliphatic rings. The normalized spacial score (nSPS) is 13.4. The standard InChI is InChI=1S/C21H18N4O2S2/c26-19(9-14-10-22-16-4-2-1-3-15(14)16)25-7-5-17-18(11-25)29-21(23-17)24-20(27)13-6-8-28-12-13/h1-4,6,8,10,12,22H,5,7,9,11H2,(H,23,24,27). The van der Waals surface area contributed by atoms with Crippen LogP contribution in [0.25, 0.3) is 10.9 Å². The largest absolute Gasteiger partial charge is 0.361 e. The van der Waals surface area contributed by atoms with Crippen LogP contribution in [0.1, 0.15) is 26.5 Å². The van der Waals surface area contributed by atoms with E-state index < -0.39 is 0 Å². The number of carbonyl (C=O) groups excluding carboxylic acids is 2. The number of aromatic nitrogens is 2. The molecular weight excluding hydrogens is 404 g/mol. The Balaban J connectivity index is 1.27. The molecule has 0 radical (unpaired) electrons. The molecule has 2 amide bonds. The lowest BCUT2D eigenvalue weighted by Crippen LogP contribution is -2.36. The summed E-state index contributed by atoms with van der Waals surface area (Å²) in [4.78, 5) is 35.8. The molecular formula is C21H18N4O2S2. The van der Waals surface area contributed by atoms with Gasteiger partial charge in [0.05, 0.1) is 24.2 Å². The zero-order valence-electron chi connectivity index (χ0n) is 15.5. The van der Waals surface area contributed by atoms with Gasteiger partial charge >= 0.3 is 0 Å². The van der Waals surface area contributed by atoms with Crippen molar-refractivity contribution in [3.05, 3.63) is 69.0 Å².